The van der Waals surface area contributed by atoms with Gasteiger partial charge in [-0.2, -0.15) is 0 Å². The number of carboxylic acid groups (broad SMARTS) is 1. The highest BCUT2D eigenvalue weighted by Crippen LogP contribution is 2.41. The average molecular weight is 456 g/mol. The van der Waals surface area contributed by atoms with Gasteiger partial charge in [-0.25, -0.2) is 0 Å². The first-order valence-corrected chi connectivity index (χ1v) is 11.3. The molecule has 4 heteroatoms. The second-order valence-corrected chi connectivity index (χ2v) is 8.59. The lowest BCUT2D eigenvalue weighted by molar-refractivity contribution is -0.139. The van der Waals surface area contributed by atoms with Crippen LogP contribution in [0.5, 0.6) is 0 Å². The molecule has 0 spiro atoms. The maximum Gasteiger partial charge on any atom is 0.321 e. The smallest absolute Gasteiger partial charge is 0.321 e. The number of aliphatic carboxylic acids is 1. The van der Waals surface area contributed by atoms with Crippen LogP contribution in [0.25, 0.3) is 0 Å². The van der Waals surface area contributed by atoms with E-state index in [1.807, 2.05) is 116 Å². The van der Waals surface area contributed by atoms with Crippen molar-refractivity contribution in [1.29, 1.82) is 0 Å². The van der Waals surface area contributed by atoms with Gasteiger partial charge in [0.05, 0.1) is 5.54 Å². The zero-order valence-electron chi connectivity index (χ0n) is 18.4. The Morgan fingerprint density at radius 3 is 1.97 bits per heavy atom. The van der Waals surface area contributed by atoms with E-state index in [4.69, 9.17) is 11.6 Å². The highest BCUT2D eigenvalue weighted by molar-refractivity contribution is 6.31. The highest BCUT2D eigenvalue weighted by atomic mass is 35.5. The van der Waals surface area contributed by atoms with Gasteiger partial charge in [0.15, 0.2) is 0 Å². The van der Waals surface area contributed by atoms with E-state index in [9.17, 15) is 9.90 Å². The Bertz CT molecular complexity index is 1210. The van der Waals surface area contributed by atoms with E-state index >= 15 is 0 Å². The molecular weight excluding hydrogens is 430 g/mol. The number of aryl methyl sites for hydroxylation is 1. The number of carbonyl (C=O) groups is 1. The predicted molar refractivity (Wildman–Crippen MR) is 134 cm³/mol. The Hall–Kier alpha value is -3.40. The van der Waals surface area contributed by atoms with Crippen molar-refractivity contribution in [2.75, 3.05) is 0 Å². The monoisotopic (exact) mass is 455 g/mol. The van der Waals surface area contributed by atoms with Gasteiger partial charge >= 0.3 is 5.97 Å². The van der Waals surface area contributed by atoms with Gasteiger partial charge in [0, 0.05) is 5.02 Å². The van der Waals surface area contributed by atoms with Gasteiger partial charge in [-0.05, 0) is 41.7 Å². The van der Waals surface area contributed by atoms with Gasteiger partial charge in [0.25, 0.3) is 0 Å². The molecule has 2 N–H and O–H groups in total. The molecule has 0 amide bonds. The van der Waals surface area contributed by atoms with Gasteiger partial charge in [-0.15, -0.1) is 0 Å². The molecule has 0 saturated carbocycles. The van der Waals surface area contributed by atoms with Crippen LogP contribution in [-0.2, 0) is 16.8 Å². The third kappa shape index (κ3) is 4.85. The summed E-state index contributed by atoms with van der Waals surface area (Å²) in [6.07, 6.45) is 0.334. The lowest BCUT2D eigenvalue weighted by Crippen LogP contribution is -2.53. The number of benzene rings is 4. The highest BCUT2D eigenvalue weighted by Gasteiger charge is 2.41. The van der Waals surface area contributed by atoms with Crippen molar-refractivity contribution in [2.45, 2.75) is 24.9 Å². The Labute approximate surface area is 199 Å². The summed E-state index contributed by atoms with van der Waals surface area (Å²) in [5.41, 5.74) is 3.75. The van der Waals surface area contributed by atoms with Crippen LogP contribution >= 0.6 is 11.6 Å². The number of halogens is 1. The number of nitrogens with one attached hydrogen (secondary N) is 1. The minimum Gasteiger partial charge on any atom is -0.480 e. The maximum absolute atomic E-state index is 12.5. The molecule has 166 valence electrons. The fourth-order valence-electron chi connectivity index (χ4n) is 4.29. The summed E-state index contributed by atoms with van der Waals surface area (Å²) in [5.74, 6) is -0.918. The Balaban J connectivity index is 1.95. The van der Waals surface area contributed by atoms with Crippen molar-refractivity contribution in [3.8, 4) is 0 Å². The van der Waals surface area contributed by atoms with E-state index in [0.717, 1.165) is 27.8 Å². The summed E-state index contributed by atoms with van der Waals surface area (Å²) in [5, 5.41) is 14.4. The minimum absolute atomic E-state index is 0.334. The zero-order valence-corrected chi connectivity index (χ0v) is 19.2. The molecule has 2 atom stereocenters. The summed E-state index contributed by atoms with van der Waals surface area (Å²) in [4.78, 5) is 12.5. The van der Waals surface area contributed by atoms with Crippen LogP contribution in [0.2, 0.25) is 5.02 Å². The largest absolute Gasteiger partial charge is 0.480 e. The molecule has 0 bridgehead atoms. The summed E-state index contributed by atoms with van der Waals surface area (Å²) in [7, 11) is 0. The summed E-state index contributed by atoms with van der Waals surface area (Å²) >= 11 is 6.78. The Kier molecular flexibility index (Phi) is 6.93. The molecule has 4 aromatic carbocycles. The Morgan fingerprint density at radius 2 is 1.36 bits per heavy atom. The molecule has 0 fully saturated rings. The SMILES string of the molecule is Cc1ccc(C(N[C@@H](Cc2ccccc2)C(=O)O)(c2ccccc2)c2ccccc2Cl)cc1. The molecule has 0 aliphatic heterocycles. The molecule has 0 saturated heterocycles. The first kappa shape index (κ1) is 22.8. The van der Waals surface area contributed by atoms with E-state index in [0.29, 0.717) is 11.4 Å². The average Bonchev–Trinajstić information content (AvgIpc) is 2.84. The molecule has 0 heterocycles. The lowest BCUT2D eigenvalue weighted by atomic mass is 9.76. The third-order valence-electron chi connectivity index (χ3n) is 5.94. The maximum atomic E-state index is 12.5. The molecule has 3 nitrogen and oxygen atoms in total. The van der Waals surface area contributed by atoms with Crippen LogP contribution in [0.3, 0.4) is 0 Å². The van der Waals surface area contributed by atoms with Gasteiger partial charge in [0.2, 0.25) is 0 Å². The summed E-state index contributed by atoms with van der Waals surface area (Å²) in [6.45, 7) is 2.03. The van der Waals surface area contributed by atoms with Crippen molar-refractivity contribution in [2.24, 2.45) is 0 Å². The second-order valence-electron chi connectivity index (χ2n) is 8.19. The fourth-order valence-corrected chi connectivity index (χ4v) is 4.57. The van der Waals surface area contributed by atoms with Gasteiger partial charge in [0.1, 0.15) is 6.04 Å². The van der Waals surface area contributed by atoms with Crippen molar-refractivity contribution in [1.82, 2.24) is 5.32 Å². The van der Waals surface area contributed by atoms with Crippen molar-refractivity contribution in [3.05, 3.63) is 142 Å². The summed E-state index contributed by atoms with van der Waals surface area (Å²) < 4.78 is 0. The molecule has 4 aromatic rings. The molecular formula is C29H26ClNO2. The van der Waals surface area contributed by atoms with Crippen molar-refractivity contribution < 1.29 is 9.90 Å². The first-order valence-electron chi connectivity index (χ1n) is 10.9. The molecule has 1 unspecified atom stereocenters. The van der Waals surface area contributed by atoms with E-state index in [2.05, 4.69) is 5.32 Å². The lowest BCUT2D eigenvalue weighted by Gasteiger charge is -2.40. The first-order chi connectivity index (χ1) is 16.0. The van der Waals surface area contributed by atoms with Crippen LogP contribution in [0, 0.1) is 6.92 Å². The van der Waals surface area contributed by atoms with Crippen molar-refractivity contribution in [3.63, 3.8) is 0 Å². The molecule has 0 aliphatic carbocycles. The summed E-state index contributed by atoms with van der Waals surface area (Å²) in [6, 6.07) is 34.5. The number of hydrogen-bond acceptors (Lipinski definition) is 2. The fraction of sp³-hybridized carbons (Fsp3) is 0.138. The van der Waals surface area contributed by atoms with E-state index < -0.39 is 17.6 Å². The van der Waals surface area contributed by atoms with Crippen LogP contribution in [-0.4, -0.2) is 17.1 Å². The van der Waals surface area contributed by atoms with Crippen LogP contribution in [0.1, 0.15) is 27.8 Å². The zero-order chi connectivity index (χ0) is 23.3. The van der Waals surface area contributed by atoms with Crippen LogP contribution in [0.4, 0.5) is 0 Å². The Morgan fingerprint density at radius 1 is 0.818 bits per heavy atom. The normalized spacial score (nSPS) is 13.8. The molecule has 4 rings (SSSR count). The van der Waals surface area contributed by atoms with Gasteiger partial charge in [-0.1, -0.05) is 120 Å². The van der Waals surface area contributed by atoms with Crippen molar-refractivity contribution >= 4 is 17.6 Å². The van der Waals surface area contributed by atoms with E-state index in [1.165, 1.54) is 0 Å². The molecule has 0 aromatic heterocycles. The molecule has 0 radical (unpaired) electrons. The number of carboxylic acids is 1. The second kappa shape index (κ2) is 10.0. The predicted octanol–water partition coefficient (Wildman–Crippen LogP) is 6.23. The van der Waals surface area contributed by atoms with Crippen LogP contribution in [0.15, 0.2) is 109 Å². The third-order valence-corrected chi connectivity index (χ3v) is 6.27. The topological polar surface area (TPSA) is 49.3 Å². The molecule has 0 aliphatic rings. The minimum atomic E-state index is -0.967. The standard InChI is InChI=1S/C29H26ClNO2/c1-21-16-18-24(19-17-21)29(23-12-6-3-7-13-23,25-14-8-9-15-26(25)30)31-27(28(32)33)20-22-10-4-2-5-11-22/h2-19,27,31H,20H2,1H3,(H,32,33)/t27-,29?/m0/s1. The number of rotatable bonds is 8. The van der Waals surface area contributed by atoms with Gasteiger partial charge in [-0.3, -0.25) is 10.1 Å². The van der Waals surface area contributed by atoms with E-state index in [1.54, 1.807) is 0 Å². The van der Waals surface area contributed by atoms with Gasteiger partial charge < -0.3 is 5.11 Å². The van der Waals surface area contributed by atoms with Crippen LogP contribution < -0.4 is 5.32 Å². The number of hydrogen-bond donors (Lipinski definition) is 2. The quantitative estimate of drug-likeness (QED) is 0.310. The van der Waals surface area contributed by atoms with E-state index in [-0.39, 0.29) is 0 Å². The molecule has 33 heavy (non-hydrogen) atoms.